The molecular weight excluding hydrogens is 1330 g/mol. The van der Waals surface area contributed by atoms with Crippen molar-refractivity contribution >= 4 is 107 Å². The number of hydrogen-bond acceptors (Lipinski definition) is 8. The summed E-state index contributed by atoms with van der Waals surface area (Å²) in [4.78, 5) is 0. The summed E-state index contributed by atoms with van der Waals surface area (Å²) in [6.45, 7) is 0. The molecule has 14 heteroatoms. The van der Waals surface area contributed by atoms with E-state index < -0.39 is 26.8 Å². The monoisotopic (exact) mass is 1400 g/mol. The number of ether oxygens (including phenoxy) is 2. The van der Waals surface area contributed by atoms with Crippen molar-refractivity contribution in [3.8, 4) is 11.5 Å². The standard InChI is InChI=1S/C28H28P2.2C12H17O2PS2.2Au/c1-5-15-25(16-6-1)29(26-17-7-2-8-18-26)23-13-14-24-30(27-19-9-3-10-20-27)28-21-11-4-12-22-28;2*1-13-10-6-8-12(9-7-10)15(16,17)14-11-4-2-3-5-11;;/h1-12,15-22H,13-14,23-24H2;2*6-9,11H,2-5H2,1H3,(H,16,17);;/q;;;2*+1. The smallest absolute Gasteiger partial charge is 0.715 e. The van der Waals surface area contributed by atoms with Gasteiger partial charge in [0.05, 0.1) is 75.8 Å². The fraction of sp³-hybridized carbons (Fsp3) is 0.308. The molecule has 6 aromatic rings. The molecule has 2 fully saturated rings. The van der Waals surface area contributed by atoms with Crippen molar-refractivity contribution < 1.29 is 63.3 Å². The molecule has 358 valence electrons. The molecule has 2 aliphatic rings. The number of unbranched alkanes of at least 4 members (excludes halogenated alkanes) is 1. The van der Waals surface area contributed by atoms with Crippen molar-refractivity contribution in [3.05, 3.63) is 170 Å². The van der Waals surface area contributed by atoms with Gasteiger partial charge in [0.25, 0.3) is 0 Å². The van der Waals surface area contributed by atoms with Gasteiger partial charge in [0, 0.05) is 0 Å². The molecule has 2 atom stereocenters. The average molecular weight is 1400 g/mol. The largest absolute Gasteiger partial charge is 1.00 e. The van der Waals surface area contributed by atoms with Gasteiger partial charge >= 0.3 is 44.8 Å². The molecule has 0 bridgehead atoms. The number of benzene rings is 6. The minimum Gasteiger partial charge on any atom is -0.715 e. The Morgan fingerprint density at radius 2 is 0.697 bits per heavy atom. The molecule has 0 radical (unpaired) electrons. The van der Waals surface area contributed by atoms with Crippen LogP contribution in [0.5, 0.6) is 11.5 Å². The molecule has 2 saturated carbocycles. The Hall–Kier alpha value is -0.819. The predicted octanol–water partition coefficient (Wildman–Crippen LogP) is 11.8. The summed E-state index contributed by atoms with van der Waals surface area (Å²) in [6, 6.07) is 59.9. The second-order valence-corrected chi connectivity index (χ2v) is 32.3. The number of rotatable bonds is 17. The topological polar surface area (TPSA) is 36.9 Å². The third-order valence-corrected chi connectivity index (χ3v) is 24.0. The van der Waals surface area contributed by atoms with Crippen LogP contribution in [0.4, 0.5) is 0 Å². The summed E-state index contributed by atoms with van der Waals surface area (Å²) in [5.41, 5.74) is -4.53. The van der Waals surface area contributed by atoms with Crippen molar-refractivity contribution in [2.24, 2.45) is 0 Å². The van der Waals surface area contributed by atoms with E-state index in [1.165, 1.54) is 72.1 Å². The van der Waals surface area contributed by atoms with Gasteiger partial charge in [-0.1, -0.05) is 122 Å². The first-order chi connectivity index (χ1) is 31.1. The van der Waals surface area contributed by atoms with E-state index in [4.69, 9.17) is 66.6 Å². The summed E-state index contributed by atoms with van der Waals surface area (Å²) >= 11 is 22.0. The molecule has 0 aromatic heterocycles. The van der Waals surface area contributed by atoms with Gasteiger partial charge in [-0.25, -0.2) is 0 Å². The third-order valence-electron chi connectivity index (χ3n) is 11.5. The first kappa shape index (κ1) is 57.8. The van der Waals surface area contributed by atoms with Gasteiger partial charge in [0.15, 0.2) is 0 Å². The van der Waals surface area contributed by atoms with E-state index in [1.807, 2.05) is 48.5 Å². The molecule has 2 aliphatic carbocycles. The summed E-state index contributed by atoms with van der Waals surface area (Å²) in [6.07, 6.45) is 15.1. The quantitative estimate of drug-likeness (QED) is 0.0387. The van der Waals surface area contributed by atoms with Crippen LogP contribution in [0.25, 0.3) is 0 Å². The molecule has 4 nitrogen and oxygen atoms in total. The van der Waals surface area contributed by atoms with Crippen LogP contribution in [0, 0.1) is 0 Å². The van der Waals surface area contributed by atoms with Crippen LogP contribution in [-0.4, -0.2) is 38.8 Å². The van der Waals surface area contributed by atoms with Crippen LogP contribution in [0.1, 0.15) is 64.2 Å². The maximum atomic E-state index is 5.96. The van der Waals surface area contributed by atoms with E-state index in [1.54, 1.807) is 14.2 Å². The first-order valence-electron chi connectivity index (χ1n) is 22.4. The van der Waals surface area contributed by atoms with Gasteiger partial charge in [-0.15, -0.1) is 0 Å². The van der Waals surface area contributed by atoms with Gasteiger partial charge in [-0.05, 0) is 157 Å². The van der Waals surface area contributed by atoms with Crippen LogP contribution >= 0.6 is 26.8 Å². The molecule has 0 N–H and O–H groups in total. The second kappa shape index (κ2) is 30.8. The van der Waals surface area contributed by atoms with Crippen LogP contribution in [0.2, 0.25) is 0 Å². The maximum absolute atomic E-state index is 5.96. The SMILES string of the molecule is COc1ccc(P(=S)([S-])OC2CCCC2)cc1.COc1ccc(P(=S)([S-])OC2CCCC2)cc1.[Au+].[Au+].c1ccc([PH+](CCCC[PH+](c2ccccc2)c2ccccc2)c2ccccc2)cc1. The zero-order valence-corrected chi connectivity index (χ0v) is 49.0. The van der Waals surface area contributed by atoms with E-state index in [9.17, 15) is 0 Å². The summed E-state index contributed by atoms with van der Waals surface area (Å²) < 4.78 is 22.2. The zero-order chi connectivity index (χ0) is 45.0. The summed E-state index contributed by atoms with van der Waals surface area (Å²) in [5.74, 6) is 1.64. The Bertz CT molecular complexity index is 2080. The first-order valence-corrected chi connectivity index (χ1v) is 33.2. The van der Waals surface area contributed by atoms with Crippen LogP contribution in [-0.2, 0) is 102 Å². The molecule has 2 unspecified atom stereocenters. The van der Waals surface area contributed by atoms with Gasteiger partial charge in [-0.3, -0.25) is 0 Å². The second-order valence-electron chi connectivity index (χ2n) is 16.0. The number of methoxy groups -OCH3 is 2. The summed E-state index contributed by atoms with van der Waals surface area (Å²) in [5, 5.41) is 8.04. The Morgan fingerprint density at radius 1 is 0.439 bits per heavy atom. The molecule has 6 aromatic carbocycles. The van der Waals surface area contributed by atoms with Crippen molar-refractivity contribution in [2.75, 3.05) is 26.5 Å². The van der Waals surface area contributed by atoms with Gasteiger partial charge in [-0.2, -0.15) is 0 Å². The fourth-order valence-electron chi connectivity index (χ4n) is 8.10. The predicted molar refractivity (Wildman–Crippen MR) is 295 cm³/mol. The fourth-order valence-corrected chi connectivity index (χ4v) is 18.9. The minimum absolute atomic E-state index is 0. The van der Waals surface area contributed by atoms with E-state index in [0.29, 0.717) is 0 Å². The zero-order valence-electron chi connectivity index (χ0n) is 37.6. The Morgan fingerprint density at radius 3 is 0.939 bits per heavy atom. The molecule has 0 aliphatic heterocycles. The Balaban J connectivity index is 0.000000228. The minimum atomic E-state index is -2.26. The molecule has 8 rings (SSSR count). The van der Waals surface area contributed by atoms with E-state index in [2.05, 4.69) is 121 Å². The van der Waals surface area contributed by atoms with Crippen molar-refractivity contribution in [2.45, 2.75) is 76.4 Å². The van der Waals surface area contributed by atoms with E-state index >= 15 is 0 Å². The maximum Gasteiger partial charge on any atom is 1.00 e. The Labute approximate surface area is 449 Å². The Kier molecular flexibility index (Phi) is 27.0. The van der Waals surface area contributed by atoms with Crippen molar-refractivity contribution in [1.82, 2.24) is 0 Å². The molecular formula is C52H62Au2O4P4S4+2. The van der Waals surface area contributed by atoms with E-state index in [-0.39, 0.29) is 57.0 Å². The molecule has 0 saturated heterocycles. The van der Waals surface area contributed by atoms with Crippen molar-refractivity contribution in [3.63, 3.8) is 0 Å². The average Bonchev–Trinajstić information content (AvgIpc) is 4.06. The third kappa shape index (κ3) is 18.7. The molecule has 66 heavy (non-hydrogen) atoms. The van der Waals surface area contributed by atoms with Crippen LogP contribution in [0.15, 0.2) is 170 Å². The number of hydrogen-bond donors (Lipinski definition) is 0. The molecule has 0 spiro atoms. The van der Waals surface area contributed by atoms with Crippen LogP contribution in [0.3, 0.4) is 0 Å². The summed E-state index contributed by atoms with van der Waals surface area (Å²) in [7, 11) is 1.86. The normalized spacial score (nSPS) is 15.4. The van der Waals surface area contributed by atoms with Crippen LogP contribution < -0.4 is 41.3 Å². The van der Waals surface area contributed by atoms with Gasteiger partial charge in [0.2, 0.25) is 0 Å². The van der Waals surface area contributed by atoms with Gasteiger partial charge in [0.1, 0.15) is 11.5 Å². The van der Waals surface area contributed by atoms with E-state index in [0.717, 1.165) is 47.8 Å². The van der Waals surface area contributed by atoms with Gasteiger partial charge < -0.3 is 43.0 Å². The molecule has 0 heterocycles. The molecule has 0 amide bonds. The van der Waals surface area contributed by atoms with Crippen molar-refractivity contribution in [1.29, 1.82) is 0 Å².